The van der Waals surface area contributed by atoms with Gasteiger partial charge in [0.1, 0.15) is 18.1 Å². The molecule has 1 aromatic carbocycles. The van der Waals surface area contributed by atoms with E-state index in [1.54, 1.807) is 23.3 Å². The zero-order chi connectivity index (χ0) is 14.1. The van der Waals surface area contributed by atoms with Crippen LogP contribution in [-0.2, 0) is 0 Å². The second kappa shape index (κ2) is 5.07. The van der Waals surface area contributed by atoms with Crippen LogP contribution in [-0.4, -0.2) is 22.3 Å². The molecule has 104 valence electrons. The number of amides is 1. The normalized spacial score (nSPS) is 18.5. The van der Waals surface area contributed by atoms with Gasteiger partial charge in [0.05, 0.1) is 11.3 Å². The lowest BCUT2D eigenvalue weighted by Crippen LogP contribution is -2.31. The molecule has 1 fully saturated rings. The highest BCUT2D eigenvalue weighted by molar-refractivity contribution is 5.94. The first-order valence-corrected chi connectivity index (χ1v) is 6.64. The molecule has 0 aliphatic carbocycles. The maximum atomic E-state index is 13.7. The number of benzene rings is 1. The molecule has 1 aliphatic heterocycles. The van der Waals surface area contributed by atoms with E-state index in [1.807, 2.05) is 6.92 Å². The van der Waals surface area contributed by atoms with Gasteiger partial charge in [0.2, 0.25) is 5.89 Å². The van der Waals surface area contributed by atoms with Crippen molar-refractivity contribution in [1.82, 2.24) is 9.88 Å². The van der Waals surface area contributed by atoms with Crippen molar-refractivity contribution < 1.29 is 13.6 Å². The number of hydrogen-bond acceptors (Lipinski definition) is 3. The number of halogens is 1. The van der Waals surface area contributed by atoms with Gasteiger partial charge in [-0.2, -0.15) is 0 Å². The molecule has 1 atom stereocenters. The summed E-state index contributed by atoms with van der Waals surface area (Å²) in [6.07, 6.45) is 3.23. The quantitative estimate of drug-likeness (QED) is 0.845. The largest absolute Gasteiger partial charge is 0.446 e. The number of oxazole rings is 1. The summed E-state index contributed by atoms with van der Waals surface area (Å²) in [7, 11) is 0. The van der Waals surface area contributed by atoms with Gasteiger partial charge < -0.3 is 9.32 Å². The Labute approximate surface area is 116 Å². The molecule has 0 radical (unpaired) electrons. The highest BCUT2D eigenvalue weighted by Gasteiger charge is 2.34. The van der Waals surface area contributed by atoms with E-state index in [-0.39, 0.29) is 17.5 Å². The van der Waals surface area contributed by atoms with Crippen LogP contribution in [0.2, 0.25) is 0 Å². The van der Waals surface area contributed by atoms with Crippen LogP contribution in [0.1, 0.15) is 40.8 Å². The Morgan fingerprint density at radius 3 is 2.95 bits per heavy atom. The second-order valence-corrected chi connectivity index (χ2v) is 4.96. The van der Waals surface area contributed by atoms with E-state index in [0.717, 1.165) is 18.5 Å². The zero-order valence-electron chi connectivity index (χ0n) is 11.2. The van der Waals surface area contributed by atoms with Gasteiger partial charge in [-0.25, -0.2) is 9.37 Å². The van der Waals surface area contributed by atoms with Crippen molar-refractivity contribution in [3.05, 3.63) is 53.5 Å². The summed E-state index contributed by atoms with van der Waals surface area (Å²) < 4.78 is 19.1. The van der Waals surface area contributed by atoms with Crippen LogP contribution in [0.15, 0.2) is 34.9 Å². The summed E-state index contributed by atoms with van der Waals surface area (Å²) >= 11 is 0. The minimum atomic E-state index is -0.494. The Kier molecular flexibility index (Phi) is 3.26. The van der Waals surface area contributed by atoms with Crippen molar-refractivity contribution in [3.63, 3.8) is 0 Å². The molecule has 0 bridgehead atoms. The predicted molar refractivity (Wildman–Crippen MR) is 70.7 cm³/mol. The molecular formula is C15H15FN2O2. The maximum Gasteiger partial charge on any atom is 0.257 e. The third-order valence-electron chi connectivity index (χ3n) is 3.54. The van der Waals surface area contributed by atoms with Crippen LogP contribution in [0.5, 0.6) is 0 Å². The first-order valence-electron chi connectivity index (χ1n) is 6.64. The van der Waals surface area contributed by atoms with E-state index >= 15 is 0 Å². The Balaban J connectivity index is 1.89. The zero-order valence-corrected chi connectivity index (χ0v) is 11.2. The number of hydrogen-bond donors (Lipinski definition) is 0. The number of likely N-dealkylation sites (tertiary alicyclic amines) is 1. The Morgan fingerprint density at radius 1 is 1.45 bits per heavy atom. The Morgan fingerprint density at radius 2 is 2.25 bits per heavy atom. The standard InChI is InChI=1S/C15H15FN2O2/c1-10-9-20-14(17-10)13-7-4-8-18(13)15(19)11-5-2-3-6-12(11)16/h2-3,5-6,9,13H,4,7-8H2,1H3. The number of aryl methyl sites for hydroxylation is 1. The summed E-state index contributed by atoms with van der Waals surface area (Å²) in [5.74, 6) is -0.266. The smallest absolute Gasteiger partial charge is 0.257 e. The number of carbonyl (C=O) groups is 1. The summed E-state index contributed by atoms with van der Waals surface area (Å²) in [4.78, 5) is 18.4. The molecule has 1 aliphatic rings. The molecule has 0 N–H and O–H groups in total. The van der Waals surface area contributed by atoms with E-state index in [4.69, 9.17) is 4.42 Å². The van der Waals surface area contributed by atoms with Crippen molar-refractivity contribution in [2.75, 3.05) is 6.54 Å². The predicted octanol–water partition coefficient (Wildman–Crippen LogP) is 3.10. The molecule has 1 amide bonds. The van der Waals surface area contributed by atoms with E-state index in [2.05, 4.69) is 4.98 Å². The third kappa shape index (κ3) is 2.19. The fourth-order valence-corrected chi connectivity index (χ4v) is 2.58. The molecule has 1 unspecified atom stereocenters. The topological polar surface area (TPSA) is 46.3 Å². The Bertz CT molecular complexity index is 638. The van der Waals surface area contributed by atoms with Crippen LogP contribution in [0.25, 0.3) is 0 Å². The molecule has 0 saturated carbocycles. The number of rotatable bonds is 2. The van der Waals surface area contributed by atoms with Gasteiger partial charge in [-0.1, -0.05) is 12.1 Å². The number of aromatic nitrogens is 1. The molecule has 1 aromatic heterocycles. The van der Waals surface area contributed by atoms with Gasteiger partial charge in [0.25, 0.3) is 5.91 Å². The van der Waals surface area contributed by atoms with E-state index in [1.165, 1.54) is 12.1 Å². The lowest BCUT2D eigenvalue weighted by Gasteiger charge is -2.22. The molecule has 0 spiro atoms. The molecule has 4 nitrogen and oxygen atoms in total. The van der Waals surface area contributed by atoms with Crippen molar-refractivity contribution in [1.29, 1.82) is 0 Å². The fraction of sp³-hybridized carbons (Fsp3) is 0.333. The van der Waals surface area contributed by atoms with Crippen molar-refractivity contribution in [2.45, 2.75) is 25.8 Å². The average molecular weight is 274 g/mol. The van der Waals surface area contributed by atoms with Gasteiger partial charge in [-0.05, 0) is 31.9 Å². The summed E-state index contributed by atoms with van der Waals surface area (Å²) in [5.41, 5.74) is 0.882. The molecule has 2 aromatic rings. The summed E-state index contributed by atoms with van der Waals surface area (Å²) in [5, 5.41) is 0. The Hall–Kier alpha value is -2.17. The molecule has 5 heteroatoms. The van der Waals surface area contributed by atoms with Gasteiger partial charge in [0.15, 0.2) is 0 Å². The highest BCUT2D eigenvalue weighted by atomic mass is 19.1. The fourth-order valence-electron chi connectivity index (χ4n) is 2.58. The third-order valence-corrected chi connectivity index (χ3v) is 3.54. The molecule has 20 heavy (non-hydrogen) atoms. The lowest BCUT2D eigenvalue weighted by molar-refractivity contribution is 0.0711. The van der Waals surface area contributed by atoms with Gasteiger partial charge in [0, 0.05) is 6.54 Å². The molecular weight excluding hydrogens is 259 g/mol. The molecule has 3 rings (SSSR count). The van der Waals surface area contributed by atoms with Crippen LogP contribution >= 0.6 is 0 Å². The summed E-state index contributed by atoms with van der Waals surface area (Å²) in [6, 6.07) is 5.85. The van der Waals surface area contributed by atoms with Gasteiger partial charge in [-0.3, -0.25) is 4.79 Å². The van der Waals surface area contributed by atoms with Gasteiger partial charge >= 0.3 is 0 Å². The summed E-state index contributed by atoms with van der Waals surface area (Å²) in [6.45, 7) is 2.43. The molecule has 1 saturated heterocycles. The van der Waals surface area contributed by atoms with E-state index in [9.17, 15) is 9.18 Å². The van der Waals surface area contributed by atoms with Crippen LogP contribution < -0.4 is 0 Å². The number of nitrogens with zero attached hydrogens (tertiary/aromatic N) is 2. The first-order chi connectivity index (χ1) is 9.66. The van der Waals surface area contributed by atoms with E-state index < -0.39 is 5.82 Å². The van der Waals surface area contributed by atoms with E-state index in [0.29, 0.717) is 12.4 Å². The molecule has 2 heterocycles. The lowest BCUT2D eigenvalue weighted by atomic mass is 10.1. The monoisotopic (exact) mass is 274 g/mol. The average Bonchev–Trinajstić information content (AvgIpc) is 3.06. The van der Waals surface area contributed by atoms with Crippen molar-refractivity contribution in [3.8, 4) is 0 Å². The van der Waals surface area contributed by atoms with Crippen LogP contribution in [0.3, 0.4) is 0 Å². The SMILES string of the molecule is Cc1coc(C2CCCN2C(=O)c2ccccc2F)n1. The van der Waals surface area contributed by atoms with Crippen LogP contribution in [0.4, 0.5) is 4.39 Å². The minimum Gasteiger partial charge on any atom is -0.446 e. The minimum absolute atomic E-state index is 0.0997. The second-order valence-electron chi connectivity index (χ2n) is 4.96. The van der Waals surface area contributed by atoms with Crippen LogP contribution in [0, 0.1) is 12.7 Å². The van der Waals surface area contributed by atoms with Crippen molar-refractivity contribution in [2.24, 2.45) is 0 Å². The first kappa shape index (κ1) is 12.8. The van der Waals surface area contributed by atoms with Gasteiger partial charge in [-0.15, -0.1) is 0 Å². The highest BCUT2D eigenvalue weighted by Crippen LogP contribution is 2.32. The maximum absolute atomic E-state index is 13.7. The van der Waals surface area contributed by atoms with Crippen molar-refractivity contribution >= 4 is 5.91 Å². The number of carbonyl (C=O) groups excluding carboxylic acids is 1.